The molecule has 0 unspecified atom stereocenters. The highest BCUT2D eigenvalue weighted by molar-refractivity contribution is 5.92. The fourth-order valence-corrected chi connectivity index (χ4v) is 2.54. The molecule has 2 amide bonds. The highest BCUT2D eigenvalue weighted by Gasteiger charge is 2.27. The SMILES string of the molecule is CC(C)(C)OC(=O)N1CCC(COc2ccc(C(N)=O)cc2)CC1. The van der Waals surface area contributed by atoms with Gasteiger partial charge in [-0.2, -0.15) is 0 Å². The summed E-state index contributed by atoms with van der Waals surface area (Å²) in [5.41, 5.74) is 5.21. The number of nitrogens with zero attached hydrogens (tertiary/aromatic N) is 1. The van der Waals surface area contributed by atoms with Crippen molar-refractivity contribution in [3.8, 4) is 5.75 Å². The van der Waals surface area contributed by atoms with Crippen LogP contribution in [0.25, 0.3) is 0 Å². The molecule has 0 aromatic heterocycles. The number of hydrogen-bond donors (Lipinski definition) is 1. The second-order valence-electron chi connectivity index (χ2n) is 7.11. The zero-order valence-corrected chi connectivity index (χ0v) is 14.6. The molecule has 0 atom stereocenters. The second-order valence-corrected chi connectivity index (χ2v) is 7.11. The maximum atomic E-state index is 12.0. The highest BCUT2D eigenvalue weighted by Crippen LogP contribution is 2.21. The Morgan fingerprint density at radius 1 is 1.17 bits per heavy atom. The third-order valence-corrected chi connectivity index (χ3v) is 3.89. The summed E-state index contributed by atoms with van der Waals surface area (Å²) in [5.74, 6) is 0.671. The van der Waals surface area contributed by atoms with Gasteiger partial charge in [-0.15, -0.1) is 0 Å². The Morgan fingerprint density at radius 3 is 2.25 bits per heavy atom. The van der Waals surface area contributed by atoms with Gasteiger partial charge < -0.3 is 20.1 Å². The number of amides is 2. The molecule has 0 aliphatic carbocycles. The fraction of sp³-hybridized carbons (Fsp3) is 0.556. The van der Waals surface area contributed by atoms with Crippen molar-refractivity contribution in [1.29, 1.82) is 0 Å². The van der Waals surface area contributed by atoms with Crippen molar-refractivity contribution in [2.24, 2.45) is 11.7 Å². The first-order valence-electron chi connectivity index (χ1n) is 8.25. The van der Waals surface area contributed by atoms with Crippen molar-refractivity contribution in [2.45, 2.75) is 39.2 Å². The van der Waals surface area contributed by atoms with E-state index in [1.54, 1.807) is 29.2 Å². The zero-order valence-electron chi connectivity index (χ0n) is 14.6. The van der Waals surface area contributed by atoms with Gasteiger partial charge in [0.15, 0.2) is 0 Å². The predicted molar refractivity (Wildman–Crippen MR) is 91.0 cm³/mol. The first-order chi connectivity index (χ1) is 11.2. The molecule has 0 saturated carbocycles. The number of hydrogen-bond acceptors (Lipinski definition) is 4. The van der Waals surface area contributed by atoms with E-state index >= 15 is 0 Å². The minimum atomic E-state index is -0.464. The van der Waals surface area contributed by atoms with Crippen LogP contribution in [0.5, 0.6) is 5.75 Å². The lowest BCUT2D eigenvalue weighted by Crippen LogP contribution is -2.42. The number of carbonyl (C=O) groups is 2. The summed E-state index contributed by atoms with van der Waals surface area (Å²) in [7, 11) is 0. The van der Waals surface area contributed by atoms with Crippen molar-refractivity contribution >= 4 is 12.0 Å². The van der Waals surface area contributed by atoms with Crippen molar-refractivity contribution < 1.29 is 19.1 Å². The van der Waals surface area contributed by atoms with E-state index in [2.05, 4.69) is 0 Å². The highest BCUT2D eigenvalue weighted by atomic mass is 16.6. The molecule has 1 aromatic carbocycles. The van der Waals surface area contributed by atoms with E-state index in [0.717, 1.165) is 18.6 Å². The molecule has 6 nitrogen and oxygen atoms in total. The number of rotatable bonds is 4. The summed E-state index contributed by atoms with van der Waals surface area (Å²) in [6, 6.07) is 6.80. The molecule has 1 heterocycles. The van der Waals surface area contributed by atoms with Gasteiger partial charge in [-0.1, -0.05) is 0 Å². The molecular formula is C18H26N2O4. The number of nitrogens with two attached hydrogens (primary N) is 1. The average molecular weight is 334 g/mol. The molecule has 0 spiro atoms. The molecule has 1 saturated heterocycles. The van der Waals surface area contributed by atoms with Gasteiger partial charge in [-0.3, -0.25) is 4.79 Å². The van der Waals surface area contributed by atoms with Crippen molar-refractivity contribution in [3.63, 3.8) is 0 Å². The molecule has 2 N–H and O–H groups in total. The number of benzene rings is 1. The predicted octanol–water partition coefficient (Wildman–Crippen LogP) is 2.81. The fourth-order valence-electron chi connectivity index (χ4n) is 2.54. The number of primary amides is 1. The average Bonchev–Trinajstić information content (AvgIpc) is 2.52. The minimum Gasteiger partial charge on any atom is -0.493 e. The molecule has 1 aliphatic rings. The Morgan fingerprint density at radius 2 is 1.75 bits per heavy atom. The van der Waals surface area contributed by atoms with E-state index in [1.807, 2.05) is 20.8 Å². The van der Waals surface area contributed by atoms with Crippen LogP contribution in [0.2, 0.25) is 0 Å². The number of piperidine rings is 1. The van der Waals surface area contributed by atoms with E-state index in [0.29, 0.717) is 31.2 Å². The van der Waals surface area contributed by atoms with Crippen molar-refractivity contribution in [1.82, 2.24) is 4.90 Å². The van der Waals surface area contributed by atoms with Crippen LogP contribution >= 0.6 is 0 Å². The summed E-state index contributed by atoms with van der Waals surface area (Å²) < 4.78 is 11.2. The molecule has 0 radical (unpaired) electrons. The zero-order chi connectivity index (χ0) is 17.7. The van der Waals surface area contributed by atoms with E-state index < -0.39 is 11.5 Å². The summed E-state index contributed by atoms with van der Waals surface area (Å²) in [4.78, 5) is 24.8. The van der Waals surface area contributed by atoms with E-state index in [4.69, 9.17) is 15.2 Å². The standard InChI is InChI=1S/C18H26N2O4/c1-18(2,3)24-17(22)20-10-8-13(9-11-20)12-23-15-6-4-14(5-7-15)16(19)21/h4-7,13H,8-12H2,1-3H3,(H2,19,21). The van der Waals surface area contributed by atoms with E-state index in [1.165, 1.54) is 0 Å². The summed E-state index contributed by atoms with van der Waals surface area (Å²) in [5, 5.41) is 0. The molecule has 1 aromatic rings. The molecule has 0 bridgehead atoms. The number of carbonyl (C=O) groups excluding carboxylic acids is 2. The van der Waals surface area contributed by atoms with Gasteiger partial charge in [0.25, 0.3) is 0 Å². The van der Waals surface area contributed by atoms with Gasteiger partial charge in [-0.25, -0.2) is 4.79 Å². The quantitative estimate of drug-likeness (QED) is 0.918. The smallest absolute Gasteiger partial charge is 0.410 e. The van der Waals surface area contributed by atoms with Gasteiger partial charge in [0.05, 0.1) is 6.61 Å². The maximum Gasteiger partial charge on any atom is 0.410 e. The number of ether oxygens (including phenoxy) is 2. The molecule has 24 heavy (non-hydrogen) atoms. The molecule has 1 fully saturated rings. The monoisotopic (exact) mass is 334 g/mol. The summed E-state index contributed by atoms with van der Waals surface area (Å²) in [6.07, 6.45) is 1.53. The van der Waals surface area contributed by atoms with Crippen molar-refractivity contribution in [3.05, 3.63) is 29.8 Å². The molecule has 2 rings (SSSR count). The van der Waals surface area contributed by atoms with Gasteiger partial charge in [0, 0.05) is 18.7 Å². The normalized spacial score (nSPS) is 15.9. The van der Waals surface area contributed by atoms with Gasteiger partial charge in [0.1, 0.15) is 11.4 Å². The minimum absolute atomic E-state index is 0.246. The maximum absolute atomic E-state index is 12.0. The van der Waals surface area contributed by atoms with E-state index in [9.17, 15) is 9.59 Å². The summed E-state index contributed by atoms with van der Waals surface area (Å²) >= 11 is 0. The third kappa shape index (κ3) is 5.44. The van der Waals surface area contributed by atoms with Crippen LogP contribution in [0.15, 0.2) is 24.3 Å². The second kappa shape index (κ2) is 7.55. The first kappa shape index (κ1) is 18.1. The lowest BCUT2D eigenvalue weighted by atomic mass is 9.98. The Hall–Kier alpha value is -2.24. The lowest BCUT2D eigenvalue weighted by molar-refractivity contribution is 0.0165. The van der Waals surface area contributed by atoms with Crippen molar-refractivity contribution in [2.75, 3.05) is 19.7 Å². The van der Waals surface area contributed by atoms with Gasteiger partial charge in [-0.05, 0) is 63.8 Å². The van der Waals surface area contributed by atoms with Gasteiger partial charge >= 0.3 is 6.09 Å². The number of likely N-dealkylation sites (tertiary alicyclic amines) is 1. The van der Waals surface area contributed by atoms with Crippen LogP contribution < -0.4 is 10.5 Å². The Kier molecular flexibility index (Phi) is 5.70. The first-order valence-corrected chi connectivity index (χ1v) is 8.25. The third-order valence-electron chi connectivity index (χ3n) is 3.89. The lowest BCUT2D eigenvalue weighted by Gasteiger charge is -2.33. The Bertz CT molecular complexity index is 570. The van der Waals surface area contributed by atoms with Crippen LogP contribution in [0.1, 0.15) is 44.0 Å². The Balaban J connectivity index is 1.75. The molecule has 132 valence electrons. The van der Waals surface area contributed by atoms with Crippen LogP contribution in [0.3, 0.4) is 0 Å². The van der Waals surface area contributed by atoms with E-state index in [-0.39, 0.29) is 6.09 Å². The van der Waals surface area contributed by atoms with Crippen LogP contribution in [0, 0.1) is 5.92 Å². The summed E-state index contributed by atoms with van der Waals surface area (Å²) in [6.45, 7) is 7.57. The van der Waals surface area contributed by atoms with Crippen LogP contribution in [-0.4, -0.2) is 42.2 Å². The van der Waals surface area contributed by atoms with Gasteiger partial charge in [0.2, 0.25) is 5.91 Å². The van der Waals surface area contributed by atoms with Crippen LogP contribution in [-0.2, 0) is 4.74 Å². The molecule has 6 heteroatoms. The van der Waals surface area contributed by atoms with Crippen LogP contribution in [0.4, 0.5) is 4.79 Å². The molecule has 1 aliphatic heterocycles. The largest absolute Gasteiger partial charge is 0.493 e. The molecular weight excluding hydrogens is 308 g/mol. The topological polar surface area (TPSA) is 81.9 Å². The Labute approximate surface area is 142 Å².